The molecule has 20 heavy (non-hydrogen) atoms. The van der Waals surface area contributed by atoms with E-state index in [9.17, 15) is 9.59 Å². The van der Waals surface area contributed by atoms with E-state index in [1.54, 1.807) is 11.1 Å². The number of aromatic nitrogens is 1. The van der Waals surface area contributed by atoms with Gasteiger partial charge in [0.05, 0.1) is 6.54 Å². The van der Waals surface area contributed by atoms with E-state index in [4.69, 9.17) is 0 Å². The van der Waals surface area contributed by atoms with Crippen molar-refractivity contribution < 1.29 is 9.59 Å². The molecule has 6 heteroatoms. The molecule has 1 aliphatic heterocycles. The van der Waals surface area contributed by atoms with E-state index in [0.29, 0.717) is 12.2 Å². The number of anilines is 1. The van der Waals surface area contributed by atoms with Crippen LogP contribution < -0.4 is 15.5 Å². The number of nitrogens with one attached hydrogen (secondary N) is 2. The number of carbonyl (C=O) groups is 2. The summed E-state index contributed by atoms with van der Waals surface area (Å²) in [6.07, 6.45) is 2.34. The van der Waals surface area contributed by atoms with Gasteiger partial charge in [-0.25, -0.2) is 4.98 Å². The molecule has 0 bridgehead atoms. The number of amides is 2. The summed E-state index contributed by atoms with van der Waals surface area (Å²) < 4.78 is 0. The largest absolute Gasteiger partial charge is 0.335 e. The van der Waals surface area contributed by atoms with Gasteiger partial charge in [0.15, 0.2) is 0 Å². The Kier molecular flexibility index (Phi) is 4.34. The molecule has 2 unspecified atom stereocenters. The molecule has 0 spiro atoms. The Bertz CT molecular complexity index is 518. The molecule has 0 saturated carbocycles. The number of pyridine rings is 1. The molecule has 1 saturated heterocycles. The zero-order chi connectivity index (χ0) is 14.7. The molecule has 0 radical (unpaired) electrons. The third-order valence-corrected chi connectivity index (χ3v) is 3.64. The third-order valence-electron chi connectivity index (χ3n) is 3.64. The first-order valence-corrected chi connectivity index (χ1v) is 6.80. The van der Waals surface area contributed by atoms with Crippen LogP contribution in [0, 0.1) is 0 Å². The summed E-state index contributed by atoms with van der Waals surface area (Å²) in [5.41, 5.74) is 1.07. The molecular formula is C14H20N4O2. The minimum atomic E-state index is -0.347. The van der Waals surface area contributed by atoms with Crippen molar-refractivity contribution in [1.82, 2.24) is 15.6 Å². The van der Waals surface area contributed by atoms with Gasteiger partial charge in [0.25, 0.3) is 0 Å². The van der Waals surface area contributed by atoms with Gasteiger partial charge in [0.2, 0.25) is 11.8 Å². The molecule has 6 nitrogen and oxygen atoms in total. The lowest BCUT2D eigenvalue weighted by Crippen LogP contribution is -2.58. The molecule has 1 aromatic rings. The van der Waals surface area contributed by atoms with Crippen LogP contribution >= 0.6 is 0 Å². The first kappa shape index (κ1) is 14.5. The van der Waals surface area contributed by atoms with Crippen LogP contribution in [0.25, 0.3) is 0 Å². The number of hydrogen-bond donors (Lipinski definition) is 2. The van der Waals surface area contributed by atoms with Gasteiger partial charge in [-0.2, -0.15) is 0 Å². The second-order valence-corrected chi connectivity index (χ2v) is 4.92. The van der Waals surface area contributed by atoms with Crippen LogP contribution in [0.1, 0.15) is 31.9 Å². The van der Waals surface area contributed by atoms with Gasteiger partial charge in [-0.15, -0.1) is 0 Å². The summed E-state index contributed by atoms with van der Waals surface area (Å²) in [4.78, 5) is 29.5. The minimum absolute atomic E-state index is 0.161. The van der Waals surface area contributed by atoms with Crippen LogP contribution in [0.2, 0.25) is 0 Å². The zero-order valence-electron chi connectivity index (χ0n) is 12.0. The Balaban J connectivity index is 2.33. The molecular weight excluding hydrogens is 256 g/mol. The highest BCUT2D eigenvalue weighted by molar-refractivity contribution is 6.04. The average Bonchev–Trinajstić information content (AvgIpc) is 2.45. The van der Waals surface area contributed by atoms with E-state index in [1.807, 2.05) is 33.0 Å². The Morgan fingerprint density at radius 3 is 2.95 bits per heavy atom. The summed E-state index contributed by atoms with van der Waals surface area (Å²) >= 11 is 0. The summed E-state index contributed by atoms with van der Waals surface area (Å²) in [5.74, 6) is 0.130. The van der Waals surface area contributed by atoms with Gasteiger partial charge in [-0.1, -0.05) is 6.92 Å². The monoisotopic (exact) mass is 276 g/mol. The van der Waals surface area contributed by atoms with Crippen LogP contribution in [-0.2, 0) is 9.59 Å². The molecule has 0 aromatic carbocycles. The Hall–Kier alpha value is -1.95. The quantitative estimate of drug-likeness (QED) is 0.788. The lowest BCUT2D eigenvalue weighted by molar-refractivity contribution is -0.132. The minimum Gasteiger partial charge on any atom is -0.335 e. The molecule has 1 aliphatic rings. The first-order chi connectivity index (χ1) is 9.56. The molecule has 2 heterocycles. The number of rotatable bonds is 4. The molecule has 2 atom stereocenters. The van der Waals surface area contributed by atoms with Crippen molar-refractivity contribution in [3.8, 4) is 0 Å². The molecule has 2 amide bonds. The molecule has 2 rings (SSSR count). The SMILES string of the molecule is CCC1C(=O)NC(=O)CN1c1cc(C(C)NC)ccn1. The predicted octanol–water partition coefficient (Wildman–Crippen LogP) is 0.603. The number of hydrogen-bond acceptors (Lipinski definition) is 5. The Morgan fingerprint density at radius 2 is 2.30 bits per heavy atom. The maximum atomic E-state index is 11.9. The highest BCUT2D eigenvalue weighted by Crippen LogP contribution is 2.22. The van der Waals surface area contributed by atoms with E-state index < -0.39 is 0 Å². The van der Waals surface area contributed by atoms with Gasteiger partial charge in [0, 0.05) is 12.2 Å². The van der Waals surface area contributed by atoms with Crippen LogP contribution in [0.15, 0.2) is 18.3 Å². The predicted molar refractivity (Wildman–Crippen MR) is 76.3 cm³/mol. The van der Waals surface area contributed by atoms with Gasteiger partial charge in [-0.3, -0.25) is 14.9 Å². The smallest absolute Gasteiger partial charge is 0.249 e. The molecule has 1 aromatic heterocycles. The highest BCUT2D eigenvalue weighted by atomic mass is 16.2. The van der Waals surface area contributed by atoms with Crippen LogP contribution in [0.3, 0.4) is 0 Å². The maximum Gasteiger partial charge on any atom is 0.249 e. The maximum absolute atomic E-state index is 11.9. The number of imide groups is 1. The summed E-state index contributed by atoms with van der Waals surface area (Å²) in [6, 6.07) is 3.69. The van der Waals surface area contributed by atoms with Gasteiger partial charge in [0.1, 0.15) is 11.9 Å². The normalized spacial score (nSPS) is 20.8. The van der Waals surface area contributed by atoms with E-state index in [1.165, 1.54) is 0 Å². The molecule has 1 fully saturated rings. The number of piperazine rings is 1. The van der Waals surface area contributed by atoms with E-state index in [-0.39, 0.29) is 30.4 Å². The van der Waals surface area contributed by atoms with E-state index in [0.717, 1.165) is 5.56 Å². The van der Waals surface area contributed by atoms with Crippen LogP contribution in [-0.4, -0.2) is 36.4 Å². The summed E-state index contributed by atoms with van der Waals surface area (Å²) in [7, 11) is 1.89. The van der Waals surface area contributed by atoms with Gasteiger partial charge < -0.3 is 10.2 Å². The van der Waals surface area contributed by atoms with Crippen molar-refractivity contribution in [3.05, 3.63) is 23.9 Å². The van der Waals surface area contributed by atoms with E-state index >= 15 is 0 Å². The van der Waals surface area contributed by atoms with Gasteiger partial charge in [-0.05, 0) is 38.1 Å². The molecule has 0 aliphatic carbocycles. The van der Waals surface area contributed by atoms with Crippen LogP contribution in [0.5, 0.6) is 0 Å². The van der Waals surface area contributed by atoms with Crippen molar-refractivity contribution in [2.75, 3.05) is 18.5 Å². The second kappa shape index (κ2) is 6.00. The average molecular weight is 276 g/mol. The fraction of sp³-hybridized carbons (Fsp3) is 0.500. The topological polar surface area (TPSA) is 74.3 Å². The van der Waals surface area contributed by atoms with Crippen molar-refractivity contribution >= 4 is 17.6 Å². The molecule has 108 valence electrons. The zero-order valence-corrected chi connectivity index (χ0v) is 12.0. The second-order valence-electron chi connectivity index (χ2n) is 4.92. The summed E-state index contributed by atoms with van der Waals surface area (Å²) in [5, 5.41) is 5.53. The standard InChI is InChI=1S/C14H20N4O2/c1-4-11-14(20)17-13(19)8-18(11)12-7-10(5-6-16-12)9(2)15-3/h5-7,9,11,15H,4,8H2,1-3H3,(H,17,19,20). The lowest BCUT2D eigenvalue weighted by Gasteiger charge is -2.34. The van der Waals surface area contributed by atoms with E-state index in [2.05, 4.69) is 15.6 Å². The van der Waals surface area contributed by atoms with Crippen molar-refractivity contribution in [2.24, 2.45) is 0 Å². The van der Waals surface area contributed by atoms with Gasteiger partial charge >= 0.3 is 0 Å². The first-order valence-electron chi connectivity index (χ1n) is 6.80. The summed E-state index contributed by atoms with van der Waals surface area (Å²) in [6.45, 7) is 4.13. The Labute approximate surface area is 118 Å². The molecule has 2 N–H and O–H groups in total. The fourth-order valence-corrected chi connectivity index (χ4v) is 2.34. The fourth-order valence-electron chi connectivity index (χ4n) is 2.34. The van der Waals surface area contributed by atoms with Crippen LogP contribution in [0.4, 0.5) is 5.82 Å². The highest BCUT2D eigenvalue weighted by Gasteiger charge is 2.33. The number of carbonyl (C=O) groups excluding carboxylic acids is 2. The Morgan fingerprint density at radius 1 is 1.55 bits per heavy atom. The van der Waals surface area contributed by atoms with Crippen molar-refractivity contribution in [2.45, 2.75) is 32.4 Å². The van der Waals surface area contributed by atoms with Crippen molar-refractivity contribution in [3.63, 3.8) is 0 Å². The number of nitrogens with zero attached hydrogens (tertiary/aromatic N) is 2. The lowest BCUT2D eigenvalue weighted by atomic mass is 10.1. The third kappa shape index (κ3) is 2.80. The van der Waals surface area contributed by atoms with Crippen molar-refractivity contribution in [1.29, 1.82) is 0 Å².